The predicted molar refractivity (Wildman–Crippen MR) is 139 cm³/mol. The van der Waals surface area contributed by atoms with Crippen LogP contribution in [0, 0.1) is 0 Å². The van der Waals surface area contributed by atoms with Gasteiger partial charge in [-0.25, -0.2) is 23.2 Å². The van der Waals surface area contributed by atoms with Crippen LogP contribution in [0.5, 0.6) is 0 Å². The van der Waals surface area contributed by atoms with Gasteiger partial charge in [0.05, 0.1) is 22.5 Å². The Kier molecular flexibility index (Phi) is 6.23. The topological polar surface area (TPSA) is 115 Å². The molecule has 2 aromatic heterocycles. The highest BCUT2D eigenvalue weighted by atomic mass is 32.2. The van der Waals surface area contributed by atoms with Crippen LogP contribution in [-0.2, 0) is 10.0 Å². The monoisotopic (exact) mass is 500 g/mol. The van der Waals surface area contributed by atoms with Gasteiger partial charge in [-0.3, -0.25) is 5.43 Å². The molecule has 3 N–H and O–H groups in total. The van der Waals surface area contributed by atoms with Crippen LogP contribution in [0.3, 0.4) is 0 Å². The van der Waals surface area contributed by atoms with Crippen molar-refractivity contribution in [1.82, 2.24) is 14.8 Å². The lowest BCUT2D eigenvalue weighted by Crippen LogP contribution is -2.12. The Bertz CT molecular complexity index is 1580. The third kappa shape index (κ3) is 5.19. The van der Waals surface area contributed by atoms with Crippen molar-refractivity contribution in [3.05, 3.63) is 102 Å². The number of benzene rings is 3. The molecule has 0 radical (unpaired) electrons. The quantitative estimate of drug-likeness (QED) is 0.247. The van der Waals surface area contributed by atoms with Crippen molar-refractivity contribution in [2.75, 3.05) is 5.43 Å². The highest BCUT2D eigenvalue weighted by Gasteiger charge is 2.13. The Hall–Kier alpha value is -4.12. The summed E-state index contributed by atoms with van der Waals surface area (Å²) >= 11 is 1.47. The SMILES string of the molecule is NS(=O)(=O)c1ccc(-n2cc(/C=N/Nc3nc(-c4ccccc4)cs3)c(-c3ccccc3)n2)cc1. The zero-order chi connectivity index (χ0) is 24.3. The van der Waals surface area contributed by atoms with Crippen LogP contribution in [0.4, 0.5) is 5.13 Å². The maximum Gasteiger partial charge on any atom is 0.238 e. The van der Waals surface area contributed by atoms with Gasteiger partial charge in [0.2, 0.25) is 15.2 Å². The van der Waals surface area contributed by atoms with E-state index in [2.05, 4.69) is 15.5 Å². The number of sulfonamides is 1. The fraction of sp³-hybridized carbons (Fsp3) is 0. The average Bonchev–Trinajstić information content (AvgIpc) is 3.53. The number of nitrogens with zero attached hydrogens (tertiary/aromatic N) is 4. The first-order valence-corrected chi connectivity index (χ1v) is 13.0. The number of nitrogens with two attached hydrogens (primary N) is 1. The third-order valence-electron chi connectivity index (χ3n) is 5.16. The fourth-order valence-electron chi connectivity index (χ4n) is 3.45. The fourth-order valence-corrected chi connectivity index (χ4v) is 4.63. The molecule has 0 atom stereocenters. The van der Waals surface area contributed by atoms with E-state index < -0.39 is 10.0 Å². The van der Waals surface area contributed by atoms with Crippen LogP contribution in [0.15, 0.2) is 107 Å². The Morgan fingerprint density at radius 3 is 2.23 bits per heavy atom. The molecule has 0 spiro atoms. The summed E-state index contributed by atoms with van der Waals surface area (Å²) in [6, 6.07) is 25.9. The van der Waals surface area contributed by atoms with Crippen molar-refractivity contribution in [3.63, 3.8) is 0 Å². The lowest BCUT2D eigenvalue weighted by atomic mass is 10.1. The highest BCUT2D eigenvalue weighted by Crippen LogP contribution is 2.25. The molecule has 35 heavy (non-hydrogen) atoms. The van der Waals surface area contributed by atoms with Gasteiger partial charge in [0, 0.05) is 28.3 Å². The van der Waals surface area contributed by atoms with Gasteiger partial charge in [-0.05, 0) is 24.3 Å². The molecule has 0 saturated heterocycles. The minimum absolute atomic E-state index is 0.0426. The number of thiazole rings is 1. The Morgan fingerprint density at radius 2 is 1.57 bits per heavy atom. The van der Waals surface area contributed by atoms with Crippen LogP contribution in [0.2, 0.25) is 0 Å². The maximum atomic E-state index is 11.6. The molecule has 174 valence electrons. The van der Waals surface area contributed by atoms with E-state index in [1.807, 2.05) is 72.2 Å². The lowest BCUT2D eigenvalue weighted by molar-refractivity contribution is 0.598. The van der Waals surface area contributed by atoms with Crippen LogP contribution in [0.1, 0.15) is 5.56 Å². The molecule has 0 aliphatic carbocycles. The molecule has 5 aromatic rings. The summed E-state index contributed by atoms with van der Waals surface area (Å²) in [6.45, 7) is 0. The lowest BCUT2D eigenvalue weighted by Gasteiger charge is -2.03. The Labute approximate surface area is 206 Å². The zero-order valence-electron chi connectivity index (χ0n) is 18.3. The smallest absolute Gasteiger partial charge is 0.238 e. The molecule has 0 fully saturated rings. The maximum absolute atomic E-state index is 11.6. The molecule has 0 aliphatic heterocycles. The molecular formula is C25H20N6O2S2. The number of hydrogen-bond acceptors (Lipinski definition) is 7. The number of hydrogen-bond donors (Lipinski definition) is 2. The number of aromatic nitrogens is 3. The van der Waals surface area contributed by atoms with Gasteiger partial charge < -0.3 is 0 Å². The van der Waals surface area contributed by atoms with Gasteiger partial charge in [0.1, 0.15) is 5.69 Å². The van der Waals surface area contributed by atoms with Gasteiger partial charge in [0.15, 0.2) is 0 Å². The first-order chi connectivity index (χ1) is 17.0. The second-order valence-corrected chi connectivity index (χ2v) is 9.98. The van der Waals surface area contributed by atoms with E-state index in [1.54, 1.807) is 23.0 Å². The molecule has 3 aromatic carbocycles. The van der Waals surface area contributed by atoms with Crippen molar-refractivity contribution in [2.24, 2.45) is 10.2 Å². The van der Waals surface area contributed by atoms with Gasteiger partial charge in [-0.2, -0.15) is 10.2 Å². The van der Waals surface area contributed by atoms with Gasteiger partial charge in [0.25, 0.3) is 0 Å². The minimum Gasteiger partial charge on any atom is -0.253 e. The van der Waals surface area contributed by atoms with Crippen molar-refractivity contribution >= 4 is 32.7 Å². The number of hydrazone groups is 1. The normalized spacial score (nSPS) is 11.7. The van der Waals surface area contributed by atoms with Crippen molar-refractivity contribution in [1.29, 1.82) is 0 Å². The van der Waals surface area contributed by atoms with E-state index in [-0.39, 0.29) is 4.90 Å². The first kappa shape index (κ1) is 22.7. The van der Waals surface area contributed by atoms with Crippen LogP contribution in [-0.4, -0.2) is 29.4 Å². The molecule has 0 saturated carbocycles. The first-order valence-electron chi connectivity index (χ1n) is 10.6. The van der Waals surface area contributed by atoms with E-state index in [0.717, 1.165) is 28.1 Å². The minimum atomic E-state index is -3.77. The summed E-state index contributed by atoms with van der Waals surface area (Å²) in [7, 11) is -3.77. The number of nitrogens with one attached hydrogen (secondary N) is 1. The second-order valence-electron chi connectivity index (χ2n) is 7.56. The molecular weight excluding hydrogens is 480 g/mol. The predicted octanol–water partition coefficient (Wildman–Crippen LogP) is 4.76. The molecule has 0 amide bonds. The molecule has 10 heteroatoms. The second kappa shape index (κ2) is 9.63. The molecule has 8 nitrogen and oxygen atoms in total. The van der Waals surface area contributed by atoms with Crippen LogP contribution in [0.25, 0.3) is 28.2 Å². The number of anilines is 1. The van der Waals surface area contributed by atoms with Crippen molar-refractivity contribution in [3.8, 4) is 28.2 Å². The van der Waals surface area contributed by atoms with E-state index in [9.17, 15) is 8.42 Å². The van der Waals surface area contributed by atoms with E-state index in [4.69, 9.17) is 10.2 Å². The Morgan fingerprint density at radius 1 is 0.914 bits per heavy atom. The molecule has 0 unspecified atom stereocenters. The van der Waals surface area contributed by atoms with Crippen LogP contribution < -0.4 is 10.6 Å². The zero-order valence-corrected chi connectivity index (χ0v) is 19.9. The van der Waals surface area contributed by atoms with Crippen LogP contribution >= 0.6 is 11.3 Å². The highest BCUT2D eigenvalue weighted by molar-refractivity contribution is 7.89. The van der Waals surface area contributed by atoms with Crippen molar-refractivity contribution in [2.45, 2.75) is 4.90 Å². The largest absolute Gasteiger partial charge is 0.253 e. The average molecular weight is 501 g/mol. The van der Waals surface area contributed by atoms with E-state index >= 15 is 0 Å². The summed E-state index contributed by atoms with van der Waals surface area (Å²) in [5, 5.41) is 17.0. The molecule has 0 bridgehead atoms. The summed E-state index contributed by atoms with van der Waals surface area (Å²) in [5.74, 6) is 0. The van der Waals surface area contributed by atoms with Gasteiger partial charge in [-0.1, -0.05) is 60.7 Å². The number of primary sulfonamides is 1. The van der Waals surface area contributed by atoms with Gasteiger partial charge >= 0.3 is 0 Å². The number of rotatable bonds is 7. The summed E-state index contributed by atoms with van der Waals surface area (Å²) in [4.78, 5) is 4.63. The summed E-state index contributed by atoms with van der Waals surface area (Å²) in [6.07, 6.45) is 3.52. The third-order valence-corrected chi connectivity index (χ3v) is 6.83. The standard InChI is InChI=1S/C25H20N6O2S2/c26-35(32,33)22-13-11-21(12-14-22)31-16-20(24(30-31)19-9-5-2-6-10-19)15-27-29-25-28-23(17-34-25)18-7-3-1-4-8-18/h1-17H,(H,28,29)(H2,26,32,33)/b27-15+. The van der Waals surface area contributed by atoms with Crippen molar-refractivity contribution < 1.29 is 8.42 Å². The summed E-state index contributed by atoms with van der Waals surface area (Å²) in [5.41, 5.74) is 8.05. The molecule has 0 aliphatic rings. The summed E-state index contributed by atoms with van der Waals surface area (Å²) < 4.78 is 24.8. The van der Waals surface area contributed by atoms with E-state index in [0.29, 0.717) is 10.8 Å². The molecule has 2 heterocycles. The van der Waals surface area contributed by atoms with Gasteiger partial charge in [-0.15, -0.1) is 11.3 Å². The van der Waals surface area contributed by atoms with E-state index in [1.165, 1.54) is 23.5 Å². The Balaban J connectivity index is 1.42. The molecule has 5 rings (SSSR count).